The predicted octanol–water partition coefficient (Wildman–Crippen LogP) is 4.09. The van der Waals surface area contributed by atoms with Gasteiger partial charge in [-0.15, -0.1) is 0 Å². The Labute approximate surface area is 86.3 Å². The molecule has 0 aromatic heterocycles. The lowest BCUT2D eigenvalue weighted by Crippen LogP contribution is -1.86. The molecule has 0 aliphatic heterocycles. The summed E-state index contributed by atoms with van der Waals surface area (Å²) in [5.74, 6) is 0.464. The van der Waals surface area contributed by atoms with Crippen molar-refractivity contribution in [1.29, 1.82) is 0 Å². The average Bonchev–Trinajstić information content (AvgIpc) is 2.25. The first-order valence-electron chi connectivity index (χ1n) is 4.85. The Morgan fingerprint density at radius 1 is 1.07 bits per heavy atom. The molecule has 0 bridgehead atoms. The Bertz CT molecular complexity index is 317. The third-order valence-electron chi connectivity index (χ3n) is 2.08. The Morgan fingerprint density at radius 2 is 1.79 bits per heavy atom. The molecule has 14 heavy (non-hydrogen) atoms. The lowest BCUT2D eigenvalue weighted by molar-refractivity contribution is 0.968. The lowest BCUT2D eigenvalue weighted by Gasteiger charge is -2.04. The quantitative estimate of drug-likeness (QED) is 0.618. The molecule has 0 aliphatic carbocycles. The van der Waals surface area contributed by atoms with Gasteiger partial charge in [-0.1, -0.05) is 74.2 Å². The van der Waals surface area contributed by atoms with Crippen LogP contribution in [0.1, 0.15) is 18.4 Å². The van der Waals surface area contributed by atoms with Crippen LogP contribution in [0.25, 0.3) is 0 Å². The van der Waals surface area contributed by atoms with Gasteiger partial charge in [0.05, 0.1) is 0 Å². The van der Waals surface area contributed by atoms with Crippen LogP contribution in [-0.4, -0.2) is 0 Å². The highest BCUT2D eigenvalue weighted by molar-refractivity contribution is 5.24. The maximum absolute atomic E-state index is 3.61. The first kappa shape index (κ1) is 10.5. The second kappa shape index (κ2) is 5.98. The molecule has 1 atom stereocenters. The summed E-state index contributed by atoms with van der Waals surface area (Å²) in [6, 6.07) is 10.5. The molecule has 1 unspecified atom stereocenters. The topological polar surface area (TPSA) is 0 Å². The van der Waals surface area contributed by atoms with Crippen LogP contribution in [0.4, 0.5) is 0 Å². The zero-order valence-electron chi connectivity index (χ0n) is 8.56. The minimum absolute atomic E-state index is 0.464. The van der Waals surface area contributed by atoms with E-state index >= 15 is 0 Å². The first-order valence-corrected chi connectivity index (χ1v) is 4.85. The van der Waals surface area contributed by atoms with E-state index in [4.69, 9.17) is 0 Å². The van der Waals surface area contributed by atoms with Gasteiger partial charge in [0.1, 0.15) is 0 Å². The molecule has 0 saturated carbocycles. The van der Waals surface area contributed by atoms with Gasteiger partial charge < -0.3 is 0 Å². The normalized spacial score (nSPS) is 13.5. The molecular weight excluding hydrogens is 168 g/mol. The van der Waals surface area contributed by atoms with E-state index in [1.165, 1.54) is 5.56 Å². The monoisotopic (exact) mass is 184 g/mol. The number of allylic oxidation sites excluding steroid dienone is 5. The van der Waals surface area contributed by atoms with Gasteiger partial charge >= 0.3 is 0 Å². The third kappa shape index (κ3) is 3.44. The fourth-order valence-corrected chi connectivity index (χ4v) is 1.24. The van der Waals surface area contributed by atoms with Gasteiger partial charge in [-0.05, 0) is 11.5 Å². The zero-order chi connectivity index (χ0) is 10.2. The summed E-state index contributed by atoms with van der Waals surface area (Å²) in [7, 11) is 0. The molecule has 0 saturated heterocycles. The van der Waals surface area contributed by atoms with E-state index in [9.17, 15) is 0 Å². The van der Waals surface area contributed by atoms with Crippen LogP contribution in [0.5, 0.6) is 0 Å². The maximum atomic E-state index is 3.61. The average molecular weight is 184 g/mol. The molecule has 0 N–H and O–H groups in total. The number of hydrogen-bond acceptors (Lipinski definition) is 0. The molecule has 0 radical (unpaired) electrons. The van der Waals surface area contributed by atoms with Gasteiger partial charge in [0.2, 0.25) is 0 Å². The predicted molar refractivity (Wildman–Crippen MR) is 63.3 cm³/mol. The van der Waals surface area contributed by atoms with Crippen molar-refractivity contribution in [2.24, 2.45) is 0 Å². The van der Waals surface area contributed by atoms with E-state index in [1.807, 2.05) is 18.2 Å². The smallest absolute Gasteiger partial charge is 0.000732 e. The van der Waals surface area contributed by atoms with Crippen molar-refractivity contribution in [2.75, 3.05) is 0 Å². The minimum Gasteiger partial charge on any atom is -0.0991 e. The van der Waals surface area contributed by atoms with Crippen LogP contribution in [0.3, 0.4) is 0 Å². The fourth-order valence-electron chi connectivity index (χ4n) is 1.24. The highest BCUT2D eigenvalue weighted by Crippen LogP contribution is 2.15. The van der Waals surface area contributed by atoms with Gasteiger partial charge in [-0.2, -0.15) is 0 Å². The van der Waals surface area contributed by atoms with Crippen LogP contribution < -0.4 is 0 Å². The first-order chi connectivity index (χ1) is 6.84. The van der Waals surface area contributed by atoms with Crippen molar-refractivity contribution in [1.82, 2.24) is 0 Å². The third-order valence-corrected chi connectivity index (χ3v) is 2.08. The summed E-state index contributed by atoms with van der Waals surface area (Å²) in [4.78, 5) is 0. The standard InChI is InChI=1S/C14H16/c1-3-4-5-7-10-13(2)14-11-8-6-9-12-14/h3-13H,1H2,2H3/b5-4-,10-7?. The second-order valence-corrected chi connectivity index (χ2v) is 3.20. The van der Waals surface area contributed by atoms with Crippen molar-refractivity contribution >= 4 is 0 Å². The van der Waals surface area contributed by atoms with Crippen molar-refractivity contribution in [3.63, 3.8) is 0 Å². The fraction of sp³-hybridized carbons (Fsp3) is 0.143. The molecule has 0 aliphatic rings. The second-order valence-electron chi connectivity index (χ2n) is 3.20. The Morgan fingerprint density at radius 3 is 2.43 bits per heavy atom. The van der Waals surface area contributed by atoms with Gasteiger partial charge in [0.15, 0.2) is 0 Å². The lowest BCUT2D eigenvalue weighted by atomic mass is 10.0. The zero-order valence-corrected chi connectivity index (χ0v) is 8.56. The van der Waals surface area contributed by atoms with E-state index in [1.54, 1.807) is 6.08 Å². The number of benzene rings is 1. The van der Waals surface area contributed by atoms with Crippen molar-refractivity contribution in [3.05, 3.63) is 72.9 Å². The Hall–Kier alpha value is -1.56. The maximum Gasteiger partial charge on any atom is -0.000732 e. The molecule has 72 valence electrons. The van der Waals surface area contributed by atoms with Crippen molar-refractivity contribution in [3.8, 4) is 0 Å². The van der Waals surface area contributed by atoms with E-state index in [0.29, 0.717) is 5.92 Å². The summed E-state index contributed by atoms with van der Waals surface area (Å²) in [5.41, 5.74) is 1.34. The molecule has 1 aromatic carbocycles. The number of hydrogen-bond donors (Lipinski definition) is 0. The van der Waals surface area contributed by atoms with Gasteiger partial charge in [0, 0.05) is 0 Å². The summed E-state index contributed by atoms with van der Waals surface area (Å²) in [5, 5.41) is 0. The molecule has 1 aromatic rings. The summed E-state index contributed by atoms with van der Waals surface area (Å²) < 4.78 is 0. The van der Waals surface area contributed by atoms with Crippen LogP contribution in [0, 0.1) is 0 Å². The molecule has 1 rings (SSSR count). The van der Waals surface area contributed by atoms with Gasteiger partial charge in [-0.3, -0.25) is 0 Å². The molecule has 0 fully saturated rings. The van der Waals surface area contributed by atoms with E-state index in [-0.39, 0.29) is 0 Å². The highest BCUT2D eigenvalue weighted by Gasteiger charge is 1.97. The SMILES string of the molecule is C=C/C=C\C=CC(C)c1ccccc1. The Kier molecular flexibility index (Phi) is 4.49. The Balaban J connectivity index is 2.58. The molecule has 0 amide bonds. The van der Waals surface area contributed by atoms with Gasteiger partial charge in [-0.25, -0.2) is 0 Å². The van der Waals surface area contributed by atoms with Crippen LogP contribution >= 0.6 is 0 Å². The van der Waals surface area contributed by atoms with E-state index < -0.39 is 0 Å². The van der Waals surface area contributed by atoms with Crippen LogP contribution in [-0.2, 0) is 0 Å². The van der Waals surface area contributed by atoms with Crippen molar-refractivity contribution in [2.45, 2.75) is 12.8 Å². The van der Waals surface area contributed by atoms with Crippen molar-refractivity contribution < 1.29 is 0 Å². The highest BCUT2D eigenvalue weighted by atomic mass is 14.0. The summed E-state index contributed by atoms with van der Waals surface area (Å²) in [6.45, 7) is 5.80. The van der Waals surface area contributed by atoms with E-state index in [2.05, 4.69) is 49.9 Å². The van der Waals surface area contributed by atoms with Crippen LogP contribution in [0.2, 0.25) is 0 Å². The molecule has 0 heterocycles. The molecular formula is C14H16. The molecule has 0 spiro atoms. The molecule has 0 nitrogen and oxygen atoms in total. The summed E-state index contributed by atoms with van der Waals surface area (Å²) >= 11 is 0. The number of rotatable bonds is 4. The van der Waals surface area contributed by atoms with E-state index in [0.717, 1.165) is 0 Å². The van der Waals surface area contributed by atoms with Gasteiger partial charge in [0.25, 0.3) is 0 Å². The van der Waals surface area contributed by atoms with Crippen LogP contribution in [0.15, 0.2) is 67.3 Å². The molecule has 0 heteroatoms. The summed E-state index contributed by atoms with van der Waals surface area (Å²) in [6.07, 6.45) is 9.92. The minimum atomic E-state index is 0.464. The largest absolute Gasteiger partial charge is 0.0991 e.